The smallest absolute Gasteiger partial charge is 0.406 e. The average Bonchev–Trinajstić information content (AvgIpc) is 2.95. The number of primary sulfonamides is 1. The molecule has 7 nitrogen and oxygen atoms in total. The Hall–Kier alpha value is -2.18. The maximum Gasteiger partial charge on any atom is 0.573 e. The summed E-state index contributed by atoms with van der Waals surface area (Å²) in [5, 5.41) is 8.75. The van der Waals surface area contributed by atoms with Crippen LogP contribution in [0.4, 0.5) is 13.2 Å². The van der Waals surface area contributed by atoms with Crippen LogP contribution in [0.5, 0.6) is 5.75 Å². The van der Waals surface area contributed by atoms with Gasteiger partial charge in [-0.3, -0.25) is 0 Å². The van der Waals surface area contributed by atoms with E-state index in [1.165, 1.54) is 22.8 Å². The van der Waals surface area contributed by atoms with Gasteiger partial charge in [0.1, 0.15) is 5.75 Å². The summed E-state index contributed by atoms with van der Waals surface area (Å²) in [6.07, 6.45) is -3.31. The van der Waals surface area contributed by atoms with Gasteiger partial charge in [-0.1, -0.05) is 11.3 Å². The summed E-state index contributed by atoms with van der Waals surface area (Å²) in [5.74, 6) is -0.350. The molecule has 0 aliphatic heterocycles. The van der Waals surface area contributed by atoms with Crippen molar-refractivity contribution < 1.29 is 26.3 Å². The third kappa shape index (κ3) is 3.43. The van der Waals surface area contributed by atoms with Crippen molar-refractivity contribution in [2.75, 3.05) is 0 Å². The van der Waals surface area contributed by atoms with Crippen LogP contribution in [0.2, 0.25) is 0 Å². The second kappa shape index (κ2) is 5.18. The Bertz CT molecular complexity index is 929. The Kier molecular flexibility index (Phi) is 3.54. The number of imidazole rings is 1. The van der Waals surface area contributed by atoms with Gasteiger partial charge >= 0.3 is 6.36 Å². The zero-order chi connectivity index (χ0) is 16.8. The van der Waals surface area contributed by atoms with Crippen LogP contribution >= 0.6 is 11.3 Å². The number of hydrogen-bond donors (Lipinski definition) is 1. The highest BCUT2D eigenvalue weighted by Gasteiger charge is 2.31. The number of fused-ring (bicyclic) bond motifs is 1. The van der Waals surface area contributed by atoms with E-state index in [9.17, 15) is 21.6 Å². The largest absolute Gasteiger partial charge is 0.573 e. The number of sulfonamides is 1. The molecule has 3 aromatic rings. The van der Waals surface area contributed by atoms with Crippen LogP contribution in [-0.4, -0.2) is 29.4 Å². The fourth-order valence-electron chi connectivity index (χ4n) is 1.76. The topological polar surface area (TPSA) is 99.6 Å². The van der Waals surface area contributed by atoms with E-state index in [1.807, 2.05) is 0 Å². The fraction of sp³-hybridized carbons (Fsp3) is 0.0909. The van der Waals surface area contributed by atoms with Crippen molar-refractivity contribution in [3.63, 3.8) is 0 Å². The first-order valence-electron chi connectivity index (χ1n) is 5.87. The van der Waals surface area contributed by atoms with E-state index >= 15 is 0 Å². The first-order chi connectivity index (χ1) is 10.6. The van der Waals surface area contributed by atoms with Gasteiger partial charge < -0.3 is 4.74 Å². The minimum Gasteiger partial charge on any atom is -0.406 e. The number of hydrogen-bond acceptors (Lipinski definition) is 6. The molecule has 2 heterocycles. The molecule has 3 rings (SSSR count). The first-order valence-corrected chi connectivity index (χ1v) is 8.23. The number of halogens is 3. The third-order valence-electron chi connectivity index (χ3n) is 2.65. The van der Waals surface area contributed by atoms with Crippen molar-refractivity contribution in [3.05, 3.63) is 30.5 Å². The van der Waals surface area contributed by atoms with Crippen LogP contribution in [-0.2, 0) is 10.0 Å². The van der Waals surface area contributed by atoms with Crippen molar-refractivity contribution in [1.29, 1.82) is 0 Å². The molecule has 0 aliphatic rings. The summed E-state index contributed by atoms with van der Waals surface area (Å²) < 4.78 is 63.4. The molecule has 0 spiro atoms. The number of aromatic nitrogens is 3. The number of benzene rings is 1. The SMILES string of the molecule is NS(=O)(=O)c1nn2cc(-c3ccc(OC(F)(F)F)cc3)nc2s1. The van der Waals surface area contributed by atoms with Crippen LogP contribution in [0.15, 0.2) is 34.8 Å². The molecule has 23 heavy (non-hydrogen) atoms. The second-order valence-corrected chi connectivity index (χ2v) is 7.03. The van der Waals surface area contributed by atoms with Gasteiger partial charge in [0.25, 0.3) is 10.0 Å². The van der Waals surface area contributed by atoms with Gasteiger partial charge in [-0.15, -0.1) is 18.3 Å². The minimum absolute atomic E-state index is 0.277. The summed E-state index contributed by atoms with van der Waals surface area (Å²) in [4.78, 5) is 4.45. The van der Waals surface area contributed by atoms with Crippen LogP contribution in [0.25, 0.3) is 16.2 Å². The van der Waals surface area contributed by atoms with Crippen LogP contribution in [0, 0.1) is 0 Å². The lowest BCUT2D eigenvalue weighted by atomic mass is 10.2. The Balaban J connectivity index is 1.90. The molecule has 0 bridgehead atoms. The highest BCUT2D eigenvalue weighted by molar-refractivity contribution is 7.91. The Morgan fingerprint density at radius 3 is 2.39 bits per heavy atom. The molecule has 0 aliphatic carbocycles. The van der Waals surface area contributed by atoms with E-state index in [1.54, 1.807) is 0 Å². The normalized spacial score (nSPS) is 12.7. The monoisotopic (exact) mass is 364 g/mol. The molecule has 2 N–H and O–H groups in total. The lowest BCUT2D eigenvalue weighted by Gasteiger charge is -2.08. The Morgan fingerprint density at radius 1 is 1.22 bits per heavy atom. The first kappa shape index (κ1) is 15.7. The number of alkyl halides is 3. The number of rotatable bonds is 3. The van der Waals surface area contributed by atoms with E-state index in [0.29, 0.717) is 16.2 Å². The predicted octanol–water partition coefficient (Wildman–Crippen LogP) is 2.00. The molecule has 0 amide bonds. The van der Waals surface area contributed by atoms with Crippen molar-refractivity contribution in [3.8, 4) is 17.0 Å². The average molecular weight is 364 g/mol. The molecule has 0 unspecified atom stereocenters. The zero-order valence-electron chi connectivity index (χ0n) is 11.0. The summed E-state index contributed by atoms with van der Waals surface area (Å²) in [6, 6.07) is 5.10. The Labute approximate surface area is 131 Å². The van der Waals surface area contributed by atoms with E-state index in [-0.39, 0.29) is 10.1 Å². The number of ether oxygens (including phenoxy) is 1. The summed E-state index contributed by atoms with van der Waals surface area (Å²) in [6.45, 7) is 0. The highest BCUT2D eigenvalue weighted by atomic mass is 32.2. The molecular weight excluding hydrogens is 357 g/mol. The maximum atomic E-state index is 12.1. The van der Waals surface area contributed by atoms with E-state index in [2.05, 4.69) is 14.8 Å². The van der Waals surface area contributed by atoms with Gasteiger partial charge in [0.05, 0.1) is 11.9 Å². The van der Waals surface area contributed by atoms with E-state index in [0.717, 1.165) is 23.5 Å². The number of nitrogens with two attached hydrogens (primary N) is 1. The van der Waals surface area contributed by atoms with Crippen molar-refractivity contribution in [2.24, 2.45) is 5.14 Å². The van der Waals surface area contributed by atoms with Crippen LogP contribution < -0.4 is 9.88 Å². The van der Waals surface area contributed by atoms with Gasteiger partial charge in [0.2, 0.25) is 9.30 Å². The van der Waals surface area contributed by atoms with Crippen molar-refractivity contribution >= 4 is 26.3 Å². The van der Waals surface area contributed by atoms with E-state index in [4.69, 9.17) is 5.14 Å². The molecule has 0 saturated carbocycles. The minimum atomic E-state index is -4.76. The van der Waals surface area contributed by atoms with Gasteiger partial charge in [-0.25, -0.2) is 23.1 Å². The lowest BCUT2D eigenvalue weighted by molar-refractivity contribution is -0.274. The quantitative estimate of drug-likeness (QED) is 0.766. The summed E-state index contributed by atoms with van der Waals surface area (Å²) in [5.41, 5.74) is 0.942. The highest BCUT2D eigenvalue weighted by Crippen LogP contribution is 2.27. The molecule has 0 radical (unpaired) electrons. The standard InChI is InChI=1S/C11H7F3N4O3S2/c12-11(13,14)21-7-3-1-6(2-4-7)8-5-18-9(16-8)22-10(17-18)23(15,19)20/h1-5H,(H2,15,19,20). The third-order valence-corrected chi connectivity index (χ3v) is 4.88. The molecule has 0 fully saturated rings. The van der Waals surface area contributed by atoms with Crippen molar-refractivity contribution in [1.82, 2.24) is 14.6 Å². The summed E-state index contributed by atoms with van der Waals surface area (Å²) >= 11 is 0.785. The molecule has 2 aromatic heterocycles. The molecule has 122 valence electrons. The molecule has 0 saturated heterocycles. The van der Waals surface area contributed by atoms with Crippen LogP contribution in [0.1, 0.15) is 0 Å². The molecular formula is C11H7F3N4O3S2. The van der Waals surface area contributed by atoms with E-state index < -0.39 is 16.4 Å². The Morgan fingerprint density at radius 2 is 1.87 bits per heavy atom. The van der Waals surface area contributed by atoms with Gasteiger partial charge in [0.15, 0.2) is 0 Å². The fourth-order valence-corrected chi connectivity index (χ4v) is 3.27. The zero-order valence-corrected chi connectivity index (χ0v) is 12.6. The second-order valence-electron chi connectivity index (χ2n) is 4.34. The predicted molar refractivity (Wildman–Crippen MR) is 74.4 cm³/mol. The van der Waals surface area contributed by atoms with Gasteiger partial charge in [0, 0.05) is 5.56 Å². The molecule has 12 heteroatoms. The molecule has 0 atom stereocenters. The van der Waals surface area contributed by atoms with Gasteiger partial charge in [-0.2, -0.15) is 0 Å². The maximum absolute atomic E-state index is 12.1. The number of nitrogens with zero attached hydrogens (tertiary/aromatic N) is 3. The van der Waals surface area contributed by atoms with Crippen molar-refractivity contribution in [2.45, 2.75) is 10.7 Å². The molecule has 1 aromatic carbocycles. The lowest BCUT2D eigenvalue weighted by Crippen LogP contribution is -2.16. The van der Waals surface area contributed by atoms with Gasteiger partial charge in [-0.05, 0) is 24.3 Å². The summed E-state index contributed by atoms with van der Waals surface area (Å²) in [7, 11) is -3.91. The van der Waals surface area contributed by atoms with Crippen LogP contribution in [0.3, 0.4) is 0 Å².